The first-order valence-electron chi connectivity index (χ1n) is 9.46. The lowest BCUT2D eigenvalue weighted by Gasteiger charge is -2.30. The lowest BCUT2D eigenvalue weighted by atomic mass is 9.80. The molecule has 0 aromatic heterocycles. The van der Waals surface area contributed by atoms with Crippen LogP contribution in [0.5, 0.6) is 5.75 Å². The summed E-state index contributed by atoms with van der Waals surface area (Å²) in [4.78, 5) is 12.7. The molecule has 0 bridgehead atoms. The Morgan fingerprint density at radius 2 is 1.68 bits per heavy atom. The van der Waals surface area contributed by atoms with E-state index in [1.165, 1.54) is 6.21 Å². The van der Waals surface area contributed by atoms with Crippen molar-refractivity contribution >= 4 is 49.7 Å². The molecule has 0 spiro atoms. The van der Waals surface area contributed by atoms with E-state index in [9.17, 15) is 9.90 Å². The Morgan fingerprint density at radius 1 is 1.06 bits per heavy atom. The van der Waals surface area contributed by atoms with Crippen LogP contribution in [0.3, 0.4) is 0 Å². The van der Waals surface area contributed by atoms with Gasteiger partial charge in [0.2, 0.25) is 0 Å². The number of nitrogens with one attached hydrogen (secondary N) is 2. The summed E-state index contributed by atoms with van der Waals surface area (Å²) in [5.74, 6) is -0.376. The molecule has 3 aromatic rings. The summed E-state index contributed by atoms with van der Waals surface area (Å²) in [5, 5.41) is 18.4. The number of carbonyl (C=O) groups is 1. The largest absolute Gasteiger partial charge is 0.506 e. The van der Waals surface area contributed by atoms with Crippen LogP contribution in [-0.2, 0) is 10.3 Å². The first kappa shape index (κ1) is 21.3. The zero-order chi connectivity index (χ0) is 21.8. The molecule has 0 saturated carbocycles. The Hall–Kier alpha value is -2.97. The molecule has 1 aliphatic heterocycles. The van der Waals surface area contributed by atoms with Gasteiger partial charge in [-0.2, -0.15) is 10.2 Å². The number of amides is 1. The topological polar surface area (TPSA) is 86.1 Å². The van der Waals surface area contributed by atoms with E-state index in [1.54, 1.807) is 12.1 Å². The number of hydrazone groups is 2. The molecular weight excluding hydrogens is 524 g/mol. The van der Waals surface area contributed by atoms with Crippen molar-refractivity contribution in [3.63, 3.8) is 0 Å². The van der Waals surface area contributed by atoms with Gasteiger partial charge in [-0.1, -0.05) is 76.6 Å². The number of benzene rings is 3. The minimum Gasteiger partial charge on any atom is -0.506 e. The number of hydrogen-bond acceptors (Lipinski definition) is 5. The summed E-state index contributed by atoms with van der Waals surface area (Å²) in [6.45, 7) is 0. The second-order valence-corrected chi connectivity index (χ2v) is 8.78. The molecule has 0 unspecified atom stereocenters. The van der Waals surface area contributed by atoms with Gasteiger partial charge in [0.1, 0.15) is 17.0 Å². The van der Waals surface area contributed by atoms with E-state index in [2.05, 4.69) is 52.9 Å². The second-order valence-electron chi connectivity index (χ2n) is 7.01. The predicted molar refractivity (Wildman–Crippen MR) is 128 cm³/mol. The lowest BCUT2D eigenvalue weighted by Crippen LogP contribution is -2.38. The zero-order valence-corrected chi connectivity index (χ0v) is 19.4. The highest BCUT2D eigenvalue weighted by atomic mass is 79.9. The van der Waals surface area contributed by atoms with Crippen LogP contribution >= 0.6 is 31.9 Å². The molecule has 0 fully saturated rings. The Labute approximate surface area is 196 Å². The predicted octanol–water partition coefficient (Wildman–Crippen LogP) is 4.66. The van der Waals surface area contributed by atoms with E-state index in [4.69, 9.17) is 0 Å². The molecule has 0 aliphatic carbocycles. The van der Waals surface area contributed by atoms with Crippen molar-refractivity contribution < 1.29 is 9.90 Å². The fraction of sp³-hybridized carbons (Fsp3) is 0.0870. The third kappa shape index (κ3) is 4.40. The molecule has 3 aromatic carbocycles. The monoisotopic (exact) mass is 540 g/mol. The minimum atomic E-state index is -0.633. The summed E-state index contributed by atoms with van der Waals surface area (Å²) in [6, 6.07) is 23.2. The van der Waals surface area contributed by atoms with Gasteiger partial charge in [-0.05, 0) is 39.2 Å². The number of phenolic OH excluding ortho intramolecular Hbond substituents is 1. The van der Waals surface area contributed by atoms with E-state index in [1.807, 2.05) is 60.7 Å². The highest BCUT2D eigenvalue weighted by Gasteiger charge is 2.41. The highest BCUT2D eigenvalue weighted by molar-refractivity contribution is 9.11. The number of phenols is 1. The van der Waals surface area contributed by atoms with Crippen molar-refractivity contribution in [3.8, 4) is 5.75 Å². The van der Waals surface area contributed by atoms with Crippen LogP contribution in [0, 0.1) is 0 Å². The summed E-state index contributed by atoms with van der Waals surface area (Å²) in [5.41, 5.74) is 7.87. The molecule has 8 heteroatoms. The molecule has 1 aliphatic rings. The van der Waals surface area contributed by atoms with E-state index in [0.717, 1.165) is 15.6 Å². The van der Waals surface area contributed by atoms with Crippen molar-refractivity contribution in [2.45, 2.75) is 12.0 Å². The first-order valence-corrected chi connectivity index (χ1v) is 11.0. The molecule has 6 nitrogen and oxygen atoms in total. The number of hydrogen-bond donors (Lipinski definition) is 3. The number of aromatic hydroxyl groups is 1. The molecule has 1 amide bonds. The van der Waals surface area contributed by atoms with E-state index in [0.29, 0.717) is 22.2 Å². The summed E-state index contributed by atoms with van der Waals surface area (Å²) < 4.78 is 1.29. The maximum absolute atomic E-state index is 12.7. The van der Waals surface area contributed by atoms with Crippen LogP contribution in [0.4, 0.5) is 0 Å². The van der Waals surface area contributed by atoms with Crippen LogP contribution in [0.2, 0.25) is 0 Å². The highest BCUT2D eigenvalue weighted by Crippen LogP contribution is 2.36. The first-order chi connectivity index (χ1) is 15.0. The molecule has 4 rings (SSSR count). The molecule has 156 valence electrons. The Morgan fingerprint density at radius 3 is 2.29 bits per heavy atom. The molecule has 0 saturated heterocycles. The Balaban J connectivity index is 1.53. The minimum absolute atomic E-state index is 0.0354. The summed E-state index contributed by atoms with van der Waals surface area (Å²) in [6.07, 6.45) is 1.75. The summed E-state index contributed by atoms with van der Waals surface area (Å²) >= 11 is 6.63. The van der Waals surface area contributed by atoms with Crippen molar-refractivity contribution in [1.82, 2.24) is 10.9 Å². The SMILES string of the molecule is O=C(N/N=C/c1cc(Br)cc(Br)c1O)C1=NNC(c2ccccc2)(c2ccccc2)C1. The van der Waals surface area contributed by atoms with Crippen molar-refractivity contribution in [2.24, 2.45) is 10.2 Å². The van der Waals surface area contributed by atoms with Gasteiger partial charge >= 0.3 is 0 Å². The maximum Gasteiger partial charge on any atom is 0.287 e. The third-order valence-electron chi connectivity index (χ3n) is 5.04. The fourth-order valence-electron chi connectivity index (χ4n) is 3.48. The quantitative estimate of drug-likeness (QED) is 0.324. The van der Waals surface area contributed by atoms with Crippen molar-refractivity contribution in [1.29, 1.82) is 0 Å². The molecule has 3 N–H and O–H groups in total. The normalized spacial score (nSPS) is 14.8. The van der Waals surface area contributed by atoms with Gasteiger partial charge in [0.15, 0.2) is 0 Å². The fourth-order valence-corrected chi connectivity index (χ4v) is 4.74. The molecule has 31 heavy (non-hydrogen) atoms. The van der Waals surface area contributed by atoms with Gasteiger partial charge in [-0.25, -0.2) is 5.43 Å². The number of halogens is 2. The van der Waals surface area contributed by atoms with Crippen molar-refractivity contribution in [2.75, 3.05) is 0 Å². The van der Waals surface area contributed by atoms with Gasteiger partial charge in [0.25, 0.3) is 5.91 Å². The van der Waals surface area contributed by atoms with Crippen LogP contribution < -0.4 is 10.9 Å². The number of nitrogens with zero attached hydrogens (tertiary/aromatic N) is 2. The van der Waals surface area contributed by atoms with Gasteiger partial charge in [0.05, 0.1) is 10.7 Å². The number of carbonyl (C=O) groups excluding carboxylic acids is 1. The lowest BCUT2D eigenvalue weighted by molar-refractivity contribution is -0.114. The van der Waals surface area contributed by atoms with Gasteiger partial charge in [0, 0.05) is 16.5 Å². The van der Waals surface area contributed by atoms with E-state index in [-0.39, 0.29) is 5.75 Å². The average molecular weight is 542 g/mol. The Kier molecular flexibility index (Phi) is 6.20. The van der Waals surface area contributed by atoms with Crippen LogP contribution in [0.15, 0.2) is 91.9 Å². The van der Waals surface area contributed by atoms with Gasteiger partial charge in [-0.3, -0.25) is 10.2 Å². The van der Waals surface area contributed by atoms with Gasteiger partial charge < -0.3 is 5.11 Å². The molecular formula is C23H18Br2N4O2. The van der Waals surface area contributed by atoms with Crippen LogP contribution in [0.25, 0.3) is 0 Å². The van der Waals surface area contributed by atoms with Crippen molar-refractivity contribution in [3.05, 3.63) is 98.4 Å². The van der Waals surface area contributed by atoms with Crippen LogP contribution in [-0.4, -0.2) is 22.9 Å². The third-order valence-corrected chi connectivity index (χ3v) is 6.10. The van der Waals surface area contributed by atoms with Crippen LogP contribution in [0.1, 0.15) is 23.1 Å². The molecule has 0 atom stereocenters. The van der Waals surface area contributed by atoms with Gasteiger partial charge in [-0.15, -0.1) is 0 Å². The Bertz CT molecular complexity index is 1130. The standard InChI is InChI=1S/C23H18Br2N4O2/c24-18-11-15(21(30)19(25)12-18)14-26-28-22(31)20-13-23(29-27-20,16-7-3-1-4-8-16)17-9-5-2-6-10-17/h1-12,14,29-30H,13H2,(H,28,31)/b26-14+. The molecule has 1 heterocycles. The van der Waals surface area contributed by atoms with E-state index >= 15 is 0 Å². The van der Waals surface area contributed by atoms with E-state index < -0.39 is 11.4 Å². The summed E-state index contributed by atoms with van der Waals surface area (Å²) in [7, 11) is 0. The zero-order valence-electron chi connectivity index (χ0n) is 16.2. The maximum atomic E-state index is 12.7. The number of rotatable bonds is 5. The average Bonchev–Trinajstić information content (AvgIpc) is 3.25. The second kappa shape index (κ2) is 9.03. The molecule has 0 radical (unpaired) electrons. The smallest absolute Gasteiger partial charge is 0.287 e.